The second-order valence-corrected chi connectivity index (χ2v) is 16.1. The van der Waals surface area contributed by atoms with E-state index >= 15 is 0 Å². The number of thiophene rings is 1. The zero-order chi connectivity index (χ0) is 24.8. The van der Waals surface area contributed by atoms with E-state index in [1.165, 1.54) is 18.3 Å². The Morgan fingerprint density at radius 1 is 0.812 bits per heavy atom. The fraction of sp³-hybridized carbons (Fsp3) is 0.818. The normalized spacial score (nSPS) is 14.2. The molecule has 0 saturated carbocycles. The van der Waals surface area contributed by atoms with E-state index in [1.807, 2.05) is 0 Å². The molecular formula is C22H35BrF7PS. The maximum absolute atomic E-state index is 14.3. The minimum atomic E-state index is -6.31. The Balaban J connectivity index is 3.41. The van der Waals surface area contributed by atoms with Crippen molar-refractivity contribution < 1.29 is 30.7 Å². The number of alkyl halides is 7. The summed E-state index contributed by atoms with van der Waals surface area (Å²) in [6.45, 7) is 7.79. The molecule has 10 heteroatoms. The predicted molar refractivity (Wildman–Crippen MR) is 128 cm³/mol. The standard InChI is InChI=1S/C22H35BrF7PS/c1-5-8-11-31(12-9-6-2,13-10-7-3)15-18-17(16(4)19(23)32-18)14-20(24,25)21(26,27)22(28,29)30/h31H,5-15H2,1-4H3. The summed E-state index contributed by atoms with van der Waals surface area (Å²) in [5.74, 6) is -11.3. The molecule has 0 aromatic carbocycles. The number of hydrogen-bond acceptors (Lipinski definition) is 1. The van der Waals surface area contributed by atoms with Gasteiger partial charge in [0.15, 0.2) is 0 Å². The van der Waals surface area contributed by atoms with Gasteiger partial charge in [-0.05, 0) is 0 Å². The molecule has 1 rings (SSSR count). The molecule has 0 radical (unpaired) electrons. The molecule has 0 N–H and O–H groups in total. The van der Waals surface area contributed by atoms with Crippen molar-refractivity contribution >= 4 is 34.5 Å². The summed E-state index contributed by atoms with van der Waals surface area (Å²) in [6, 6.07) is 0. The van der Waals surface area contributed by atoms with Gasteiger partial charge in [-0.1, -0.05) is 0 Å². The van der Waals surface area contributed by atoms with Gasteiger partial charge in [-0.2, -0.15) is 0 Å². The van der Waals surface area contributed by atoms with E-state index in [1.54, 1.807) is 0 Å². The van der Waals surface area contributed by atoms with Gasteiger partial charge in [0.2, 0.25) is 0 Å². The molecule has 1 aromatic rings. The first-order valence-corrected chi connectivity index (χ1v) is 15.7. The van der Waals surface area contributed by atoms with Crippen LogP contribution in [0.5, 0.6) is 0 Å². The Kier molecular flexibility index (Phi) is 11.5. The summed E-state index contributed by atoms with van der Waals surface area (Å²) in [6.07, 6.45) is 1.77. The Morgan fingerprint density at radius 3 is 1.62 bits per heavy atom. The monoisotopic (exact) mass is 574 g/mol. The fourth-order valence-corrected chi connectivity index (χ4v) is 12.5. The molecule has 1 aromatic heterocycles. The summed E-state index contributed by atoms with van der Waals surface area (Å²) < 4.78 is 94.5. The first-order chi connectivity index (χ1) is 14.7. The van der Waals surface area contributed by atoms with E-state index < -0.39 is 31.7 Å². The van der Waals surface area contributed by atoms with Gasteiger partial charge in [0, 0.05) is 0 Å². The van der Waals surface area contributed by atoms with Crippen LogP contribution in [-0.2, 0) is 12.6 Å². The van der Waals surface area contributed by atoms with Crippen molar-refractivity contribution in [3.63, 3.8) is 0 Å². The van der Waals surface area contributed by atoms with Gasteiger partial charge in [-0.15, -0.1) is 0 Å². The van der Waals surface area contributed by atoms with Gasteiger partial charge < -0.3 is 0 Å². The van der Waals surface area contributed by atoms with Crippen molar-refractivity contribution in [2.75, 3.05) is 18.5 Å². The molecule has 190 valence electrons. The topological polar surface area (TPSA) is 0 Å². The van der Waals surface area contributed by atoms with Crippen molar-refractivity contribution in [3.05, 3.63) is 19.8 Å². The third-order valence-corrected chi connectivity index (χ3v) is 14.0. The average Bonchev–Trinajstić information content (AvgIpc) is 2.94. The van der Waals surface area contributed by atoms with Crippen molar-refractivity contribution in [2.45, 2.75) is 96.8 Å². The molecule has 1 heterocycles. The van der Waals surface area contributed by atoms with Crippen LogP contribution in [0.3, 0.4) is 0 Å². The number of halogens is 8. The summed E-state index contributed by atoms with van der Waals surface area (Å²) in [5, 5.41) is 0. The fourth-order valence-electron chi connectivity index (χ4n) is 4.12. The van der Waals surface area contributed by atoms with E-state index in [-0.39, 0.29) is 5.56 Å². The number of unbranched alkanes of at least 4 members (excludes halogenated alkanes) is 3. The van der Waals surface area contributed by atoms with Gasteiger partial charge in [0.25, 0.3) is 0 Å². The van der Waals surface area contributed by atoms with Crippen molar-refractivity contribution in [2.24, 2.45) is 0 Å². The molecule has 0 atom stereocenters. The van der Waals surface area contributed by atoms with Crippen molar-refractivity contribution in [3.8, 4) is 0 Å². The van der Waals surface area contributed by atoms with Gasteiger partial charge in [0.05, 0.1) is 0 Å². The molecule has 32 heavy (non-hydrogen) atoms. The van der Waals surface area contributed by atoms with Crippen LogP contribution in [0.4, 0.5) is 30.7 Å². The predicted octanol–water partition coefficient (Wildman–Crippen LogP) is 9.84. The van der Waals surface area contributed by atoms with E-state index in [9.17, 15) is 30.7 Å². The summed E-state index contributed by atoms with van der Waals surface area (Å²) in [5.41, 5.74) is 0.296. The van der Waals surface area contributed by atoms with E-state index in [0.29, 0.717) is 20.4 Å². The molecule has 0 bridgehead atoms. The third kappa shape index (κ3) is 7.31. The zero-order valence-electron chi connectivity index (χ0n) is 19.2. The second kappa shape index (κ2) is 12.2. The van der Waals surface area contributed by atoms with Crippen LogP contribution >= 0.6 is 34.5 Å². The molecule has 0 spiro atoms. The van der Waals surface area contributed by atoms with Crippen LogP contribution in [0.15, 0.2) is 3.79 Å². The molecule has 0 nitrogen and oxygen atoms in total. The molecule has 0 aliphatic rings. The SMILES string of the molecule is CCCC[PH](CCCC)(CCCC)Cc1sc(Br)c(C)c1CC(F)(F)C(F)(F)C(F)(F)F. The molecule has 0 unspecified atom stereocenters. The third-order valence-electron chi connectivity index (χ3n) is 6.23. The zero-order valence-corrected chi connectivity index (χ0v) is 22.6. The molecule has 0 fully saturated rings. The van der Waals surface area contributed by atoms with Crippen LogP contribution in [0.2, 0.25) is 0 Å². The van der Waals surface area contributed by atoms with Crippen LogP contribution in [0.1, 0.15) is 75.3 Å². The molecule has 0 aliphatic heterocycles. The molecular weight excluding hydrogens is 540 g/mol. The average molecular weight is 575 g/mol. The van der Waals surface area contributed by atoms with Gasteiger partial charge in [0.1, 0.15) is 0 Å². The van der Waals surface area contributed by atoms with Crippen LogP contribution in [-0.4, -0.2) is 36.5 Å². The molecule has 0 amide bonds. The van der Waals surface area contributed by atoms with Crippen molar-refractivity contribution in [1.82, 2.24) is 0 Å². The second-order valence-electron chi connectivity index (χ2n) is 8.84. The number of hydrogen-bond donors (Lipinski definition) is 0. The van der Waals surface area contributed by atoms with Gasteiger partial charge >= 0.3 is 200 Å². The Bertz CT molecular complexity index is 694. The van der Waals surface area contributed by atoms with Gasteiger partial charge in [-0.25, -0.2) is 0 Å². The Labute approximate surface area is 200 Å². The first kappa shape index (κ1) is 30.2. The summed E-state index contributed by atoms with van der Waals surface area (Å²) in [4.78, 5) is 0.557. The minimum absolute atomic E-state index is 0.0443. The molecule has 0 saturated heterocycles. The Morgan fingerprint density at radius 2 is 1.25 bits per heavy atom. The van der Waals surface area contributed by atoms with Gasteiger partial charge in [-0.3, -0.25) is 0 Å². The quantitative estimate of drug-likeness (QED) is 0.153. The van der Waals surface area contributed by atoms with E-state index in [2.05, 4.69) is 36.7 Å². The number of rotatable bonds is 14. The maximum atomic E-state index is 14.3. The van der Waals surface area contributed by atoms with E-state index in [4.69, 9.17) is 0 Å². The summed E-state index contributed by atoms with van der Waals surface area (Å²) >= 11 is 4.53. The summed E-state index contributed by atoms with van der Waals surface area (Å²) in [7, 11) is -1.96. The van der Waals surface area contributed by atoms with Crippen molar-refractivity contribution in [1.29, 1.82) is 0 Å². The first-order valence-electron chi connectivity index (χ1n) is 11.3. The van der Waals surface area contributed by atoms with Crippen LogP contribution < -0.4 is 0 Å². The van der Waals surface area contributed by atoms with Crippen LogP contribution in [0.25, 0.3) is 0 Å². The Hall–Kier alpha value is 0.120. The van der Waals surface area contributed by atoms with E-state index in [0.717, 1.165) is 57.0 Å². The van der Waals surface area contributed by atoms with Crippen LogP contribution in [0, 0.1) is 6.92 Å². The molecule has 0 aliphatic carbocycles.